The normalized spacial score (nSPS) is 18.7. The van der Waals surface area contributed by atoms with Crippen molar-refractivity contribution in [2.45, 2.75) is 39.0 Å². The van der Waals surface area contributed by atoms with Gasteiger partial charge in [0, 0.05) is 29.7 Å². The molecule has 0 amide bonds. The number of carboxylic acids is 1. The molecule has 1 aromatic heterocycles. The molecule has 1 aliphatic rings. The van der Waals surface area contributed by atoms with Gasteiger partial charge < -0.3 is 9.67 Å². The zero-order chi connectivity index (χ0) is 15.9. The summed E-state index contributed by atoms with van der Waals surface area (Å²) in [6.07, 6.45) is 6.54. The summed E-state index contributed by atoms with van der Waals surface area (Å²) in [5, 5.41) is 10.4. The van der Waals surface area contributed by atoms with Crippen LogP contribution in [0, 0.1) is 5.92 Å². The van der Waals surface area contributed by atoms with E-state index >= 15 is 0 Å². The second kappa shape index (κ2) is 5.64. The smallest absolute Gasteiger partial charge is 0.306 e. The fourth-order valence-corrected chi connectivity index (χ4v) is 3.33. The lowest BCUT2D eigenvalue weighted by Gasteiger charge is -2.18. The Morgan fingerprint density at radius 2 is 2.14 bits per heavy atom. The van der Waals surface area contributed by atoms with Crippen LogP contribution in [0.2, 0.25) is 0 Å². The highest BCUT2D eigenvalue weighted by atomic mass is 16.4. The van der Waals surface area contributed by atoms with Crippen LogP contribution in [0.25, 0.3) is 16.5 Å². The molecule has 116 valence electrons. The van der Waals surface area contributed by atoms with Gasteiger partial charge >= 0.3 is 5.97 Å². The molecule has 22 heavy (non-hydrogen) atoms. The number of carbonyl (C=O) groups is 1. The SMILES string of the molecule is CC(C)c1ccc2c(c1)c(C1=CCC(C(=O)O)CC1)cn2C. The maximum absolute atomic E-state index is 11.1. The van der Waals surface area contributed by atoms with Crippen molar-refractivity contribution in [1.29, 1.82) is 0 Å². The van der Waals surface area contributed by atoms with E-state index in [1.165, 1.54) is 27.6 Å². The molecule has 1 N–H and O–H groups in total. The van der Waals surface area contributed by atoms with Gasteiger partial charge in [-0.15, -0.1) is 0 Å². The zero-order valence-electron chi connectivity index (χ0n) is 13.5. The Bertz CT molecular complexity index is 752. The second-order valence-electron chi connectivity index (χ2n) is 6.62. The molecule has 1 heterocycles. The molecule has 2 aromatic rings. The lowest BCUT2D eigenvalue weighted by molar-refractivity contribution is -0.141. The third-order valence-electron chi connectivity index (χ3n) is 4.79. The van der Waals surface area contributed by atoms with Crippen LogP contribution < -0.4 is 0 Å². The van der Waals surface area contributed by atoms with Crippen molar-refractivity contribution in [2.24, 2.45) is 13.0 Å². The van der Waals surface area contributed by atoms with Gasteiger partial charge in [-0.3, -0.25) is 4.79 Å². The number of allylic oxidation sites excluding steroid dienone is 2. The van der Waals surface area contributed by atoms with Crippen LogP contribution in [0.5, 0.6) is 0 Å². The van der Waals surface area contributed by atoms with Crippen molar-refractivity contribution in [1.82, 2.24) is 4.57 Å². The van der Waals surface area contributed by atoms with Gasteiger partial charge in [0.2, 0.25) is 0 Å². The lowest BCUT2D eigenvalue weighted by atomic mass is 9.86. The molecule has 0 saturated heterocycles. The highest BCUT2D eigenvalue weighted by Crippen LogP contribution is 2.36. The summed E-state index contributed by atoms with van der Waals surface area (Å²) in [5.41, 5.74) is 5.15. The van der Waals surface area contributed by atoms with Crippen molar-refractivity contribution >= 4 is 22.4 Å². The van der Waals surface area contributed by atoms with Crippen LogP contribution >= 0.6 is 0 Å². The van der Waals surface area contributed by atoms with Crippen LogP contribution in [0.15, 0.2) is 30.5 Å². The van der Waals surface area contributed by atoms with E-state index in [0.29, 0.717) is 12.3 Å². The van der Waals surface area contributed by atoms with E-state index in [2.05, 4.69) is 55.9 Å². The minimum absolute atomic E-state index is 0.218. The molecule has 3 heteroatoms. The van der Waals surface area contributed by atoms with Crippen molar-refractivity contribution in [2.75, 3.05) is 0 Å². The van der Waals surface area contributed by atoms with Crippen LogP contribution in [-0.4, -0.2) is 15.6 Å². The number of aliphatic carboxylic acids is 1. The minimum Gasteiger partial charge on any atom is -0.481 e. The molecular weight excluding hydrogens is 274 g/mol. The number of rotatable bonds is 3. The van der Waals surface area contributed by atoms with Crippen molar-refractivity contribution < 1.29 is 9.90 Å². The van der Waals surface area contributed by atoms with Gasteiger partial charge in [0.25, 0.3) is 0 Å². The predicted octanol–water partition coefficient (Wildman–Crippen LogP) is 4.57. The third kappa shape index (κ3) is 2.56. The Morgan fingerprint density at radius 1 is 1.36 bits per heavy atom. The first-order valence-electron chi connectivity index (χ1n) is 7.98. The van der Waals surface area contributed by atoms with E-state index in [1.807, 2.05) is 0 Å². The molecule has 0 fully saturated rings. The van der Waals surface area contributed by atoms with Crippen molar-refractivity contribution in [3.8, 4) is 0 Å². The summed E-state index contributed by atoms with van der Waals surface area (Å²) >= 11 is 0. The molecule has 1 atom stereocenters. The summed E-state index contributed by atoms with van der Waals surface area (Å²) in [4.78, 5) is 11.1. The first kappa shape index (κ1) is 14.9. The van der Waals surface area contributed by atoms with E-state index in [0.717, 1.165) is 12.8 Å². The summed E-state index contributed by atoms with van der Waals surface area (Å²) < 4.78 is 2.17. The molecule has 1 aliphatic carbocycles. The van der Waals surface area contributed by atoms with E-state index in [1.54, 1.807) is 0 Å². The van der Waals surface area contributed by atoms with Gasteiger partial charge in [-0.2, -0.15) is 0 Å². The molecule has 3 nitrogen and oxygen atoms in total. The van der Waals surface area contributed by atoms with Gasteiger partial charge in [-0.05, 0) is 48.4 Å². The Kier molecular flexibility index (Phi) is 3.81. The second-order valence-corrected chi connectivity index (χ2v) is 6.62. The minimum atomic E-state index is -0.671. The first-order valence-corrected chi connectivity index (χ1v) is 7.98. The Hall–Kier alpha value is -2.03. The number of nitrogens with zero attached hydrogens (tertiary/aromatic N) is 1. The number of hydrogen-bond donors (Lipinski definition) is 1. The summed E-state index contributed by atoms with van der Waals surface area (Å²) in [5.74, 6) is -0.380. The molecule has 0 spiro atoms. The molecule has 0 aliphatic heterocycles. The van der Waals surface area contributed by atoms with Gasteiger partial charge in [-0.25, -0.2) is 0 Å². The topological polar surface area (TPSA) is 42.2 Å². The Balaban J connectivity index is 2.04. The number of aromatic nitrogens is 1. The number of aryl methyl sites for hydroxylation is 1. The third-order valence-corrected chi connectivity index (χ3v) is 4.79. The van der Waals surface area contributed by atoms with Gasteiger partial charge in [0.05, 0.1) is 5.92 Å². The van der Waals surface area contributed by atoms with Gasteiger partial charge in [0.1, 0.15) is 0 Å². The monoisotopic (exact) mass is 297 g/mol. The Morgan fingerprint density at radius 3 is 2.73 bits per heavy atom. The Labute approximate surface area is 131 Å². The van der Waals surface area contributed by atoms with Crippen LogP contribution in [0.4, 0.5) is 0 Å². The number of benzene rings is 1. The maximum Gasteiger partial charge on any atom is 0.306 e. The number of hydrogen-bond acceptors (Lipinski definition) is 1. The molecule has 1 aromatic carbocycles. The van der Waals surface area contributed by atoms with Crippen LogP contribution in [-0.2, 0) is 11.8 Å². The van der Waals surface area contributed by atoms with Crippen LogP contribution in [0.1, 0.15) is 50.2 Å². The molecule has 3 rings (SSSR count). The molecule has 0 saturated carbocycles. The highest BCUT2D eigenvalue weighted by molar-refractivity contribution is 5.94. The fourth-order valence-electron chi connectivity index (χ4n) is 3.33. The van der Waals surface area contributed by atoms with E-state index in [9.17, 15) is 4.79 Å². The molecule has 0 bridgehead atoms. The summed E-state index contributed by atoms with van der Waals surface area (Å²) in [6, 6.07) is 6.68. The summed E-state index contributed by atoms with van der Waals surface area (Å²) in [6.45, 7) is 4.42. The van der Waals surface area contributed by atoms with E-state index in [4.69, 9.17) is 5.11 Å². The lowest BCUT2D eigenvalue weighted by Crippen LogP contribution is -2.15. The first-order chi connectivity index (χ1) is 10.5. The quantitative estimate of drug-likeness (QED) is 0.901. The molecule has 0 radical (unpaired) electrons. The predicted molar refractivity (Wildman–Crippen MR) is 90.0 cm³/mol. The van der Waals surface area contributed by atoms with E-state index in [-0.39, 0.29) is 5.92 Å². The molecular formula is C19H23NO2. The highest BCUT2D eigenvalue weighted by Gasteiger charge is 2.22. The number of fused-ring (bicyclic) bond motifs is 1. The zero-order valence-corrected chi connectivity index (χ0v) is 13.5. The number of carboxylic acid groups (broad SMARTS) is 1. The average Bonchev–Trinajstić information content (AvgIpc) is 2.84. The van der Waals surface area contributed by atoms with Gasteiger partial charge in [0.15, 0.2) is 0 Å². The summed E-state index contributed by atoms with van der Waals surface area (Å²) in [7, 11) is 2.07. The van der Waals surface area contributed by atoms with Gasteiger partial charge in [-0.1, -0.05) is 26.0 Å². The maximum atomic E-state index is 11.1. The van der Waals surface area contributed by atoms with Crippen molar-refractivity contribution in [3.05, 3.63) is 41.6 Å². The average molecular weight is 297 g/mol. The van der Waals surface area contributed by atoms with E-state index < -0.39 is 5.97 Å². The largest absolute Gasteiger partial charge is 0.481 e. The molecule has 1 unspecified atom stereocenters. The fraction of sp³-hybridized carbons (Fsp3) is 0.421. The standard InChI is InChI=1S/C19H23NO2/c1-12(2)15-8-9-18-16(10-15)17(11-20(18)3)13-4-6-14(7-5-13)19(21)22/h4,8-12,14H,5-7H2,1-3H3,(H,21,22). The van der Waals surface area contributed by atoms with Crippen molar-refractivity contribution in [3.63, 3.8) is 0 Å². The van der Waals surface area contributed by atoms with Crippen LogP contribution in [0.3, 0.4) is 0 Å².